The van der Waals surface area contributed by atoms with Gasteiger partial charge in [-0.3, -0.25) is 4.55 Å². The van der Waals surface area contributed by atoms with Crippen molar-refractivity contribution in [1.29, 1.82) is 0 Å². The van der Waals surface area contributed by atoms with Crippen LogP contribution in [0, 0.1) is 6.92 Å². The largest absolute Gasteiger partial charge is 0.294 e. The Morgan fingerprint density at radius 2 is 1.58 bits per heavy atom. The number of sulfone groups is 1. The normalized spacial score (nSPS) is 11.9. The first-order valence-electron chi connectivity index (χ1n) is 9.23. The molecule has 11 heteroatoms. The molecule has 0 atom stereocenters. The van der Waals surface area contributed by atoms with Crippen molar-refractivity contribution in [2.24, 2.45) is 0 Å². The van der Waals surface area contributed by atoms with Crippen LogP contribution in [0.4, 0.5) is 0 Å². The molecule has 0 fully saturated rings. The molecule has 2 rings (SSSR count). The number of rotatable bonds is 10. The highest BCUT2D eigenvalue weighted by molar-refractivity contribution is 7.94. The van der Waals surface area contributed by atoms with Crippen LogP contribution >= 0.6 is 12.0 Å². The van der Waals surface area contributed by atoms with Gasteiger partial charge >= 0.3 is 0 Å². The lowest BCUT2D eigenvalue weighted by Gasteiger charge is -2.16. The molecule has 0 aromatic heterocycles. The highest BCUT2D eigenvalue weighted by atomic mass is 32.2. The Balaban J connectivity index is 2.85. The maximum absolute atomic E-state index is 13.5. The average Bonchev–Trinajstić information content (AvgIpc) is 2.70. The molecular formula is C20H23BO7S3. The highest BCUT2D eigenvalue weighted by Gasteiger charge is 2.26. The number of hydrogen-bond acceptors (Lipinski definition) is 7. The molecule has 0 amide bonds. The van der Waals surface area contributed by atoms with Crippen molar-refractivity contribution in [3.8, 4) is 0 Å². The summed E-state index contributed by atoms with van der Waals surface area (Å²) in [7, 11) is -8.56. The Morgan fingerprint density at radius 1 is 1.03 bits per heavy atom. The Hall–Kier alpha value is -1.89. The van der Waals surface area contributed by atoms with E-state index >= 15 is 0 Å². The smallest absolute Gasteiger partial charge is 0.282 e. The molecule has 0 saturated carbocycles. The zero-order valence-electron chi connectivity index (χ0n) is 17.2. The maximum atomic E-state index is 13.5. The van der Waals surface area contributed by atoms with Crippen LogP contribution in [0.3, 0.4) is 0 Å². The Kier molecular flexibility index (Phi) is 8.31. The van der Waals surface area contributed by atoms with Gasteiger partial charge in [0.15, 0.2) is 7.28 Å². The highest BCUT2D eigenvalue weighted by Crippen LogP contribution is 2.32. The van der Waals surface area contributed by atoms with Gasteiger partial charge in [0, 0.05) is 4.90 Å². The van der Waals surface area contributed by atoms with Gasteiger partial charge in [-0.2, -0.15) is 12.8 Å². The van der Waals surface area contributed by atoms with Gasteiger partial charge < -0.3 is 0 Å². The van der Waals surface area contributed by atoms with E-state index in [9.17, 15) is 21.4 Å². The molecule has 0 unspecified atom stereocenters. The monoisotopic (exact) mass is 482 g/mol. The molecule has 0 aliphatic heterocycles. The molecular weight excluding hydrogens is 459 g/mol. The SMILES string of the molecule is C=CCc1cc(S(=O)(=O)c2cc(CC=C)c(BC)c(S(=O)(=O)O)c2)cc(SOO)c1C. The van der Waals surface area contributed by atoms with Crippen molar-refractivity contribution in [3.63, 3.8) is 0 Å². The summed E-state index contributed by atoms with van der Waals surface area (Å²) in [4.78, 5) is -0.445. The van der Waals surface area contributed by atoms with Crippen molar-refractivity contribution in [2.75, 3.05) is 0 Å². The van der Waals surface area contributed by atoms with Crippen molar-refractivity contribution >= 4 is 44.7 Å². The molecule has 31 heavy (non-hydrogen) atoms. The van der Waals surface area contributed by atoms with Crippen LogP contribution in [0.15, 0.2) is 69.2 Å². The second-order valence-electron chi connectivity index (χ2n) is 6.74. The molecule has 0 aliphatic carbocycles. The molecule has 0 bridgehead atoms. The van der Waals surface area contributed by atoms with Crippen LogP contribution in [0.2, 0.25) is 6.82 Å². The summed E-state index contributed by atoms with van der Waals surface area (Å²) in [5.74, 6) is 0. The van der Waals surface area contributed by atoms with Gasteiger partial charge in [-0.15, -0.1) is 13.2 Å². The lowest BCUT2D eigenvalue weighted by Crippen LogP contribution is -2.25. The fourth-order valence-corrected chi connectivity index (χ4v) is 6.24. The zero-order valence-corrected chi connectivity index (χ0v) is 19.6. The van der Waals surface area contributed by atoms with Crippen LogP contribution in [0.5, 0.6) is 0 Å². The predicted octanol–water partition coefficient (Wildman–Crippen LogP) is 3.14. The second kappa shape index (κ2) is 10.2. The van der Waals surface area contributed by atoms with E-state index in [2.05, 4.69) is 17.5 Å². The zero-order chi connectivity index (χ0) is 23.4. The molecule has 2 aromatic rings. The molecule has 0 heterocycles. The number of benzene rings is 2. The van der Waals surface area contributed by atoms with E-state index in [1.165, 1.54) is 24.3 Å². The Labute approximate surface area is 187 Å². The molecule has 2 N–H and O–H groups in total. The van der Waals surface area contributed by atoms with E-state index in [0.717, 1.165) is 6.07 Å². The molecule has 0 radical (unpaired) electrons. The quantitative estimate of drug-likeness (QED) is 0.132. The molecule has 0 spiro atoms. The van der Waals surface area contributed by atoms with E-state index in [4.69, 9.17) is 5.26 Å². The van der Waals surface area contributed by atoms with Crippen LogP contribution in [-0.2, 0) is 37.1 Å². The van der Waals surface area contributed by atoms with Gasteiger partial charge in [0.05, 0.1) is 26.7 Å². The first-order valence-corrected chi connectivity index (χ1v) is 12.9. The number of allylic oxidation sites excluding steroid dienone is 2. The van der Waals surface area contributed by atoms with Gasteiger partial charge in [0.2, 0.25) is 9.84 Å². The summed E-state index contributed by atoms with van der Waals surface area (Å²) in [5, 5.41) is 8.84. The van der Waals surface area contributed by atoms with Crippen molar-refractivity contribution in [2.45, 2.75) is 46.2 Å². The molecule has 0 saturated heterocycles. The number of hydrogen-bond donors (Lipinski definition) is 2. The van der Waals surface area contributed by atoms with Crippen LogP contribution in [0.25, 0.3) is 0 Å². The molecule has 7 nitrogen and oxygen atoms in total. The van der Waals surface area contributed by atoms with E-state index in [0.29, 0.717) is 45.5 Å². The summed E-state index contributed by atoms with van der Waals surface area (Å²) >= 11 is 0.600. The fraction of sp³-hybridized carbons (Fsp3) is 0.200. The average molecular weight is 482 g/mol. The lowest BCUT2D eigenvalue weighted by molar-refractivity contribution is -0.116. The van der Waals surface area contributed by atoms with E-state index in [1.54, 1.807) is 19.8 Å². The first kappa shape index (κ1) is 25.4. The summed E-state index contributed by atoms with van der Waals surface area (Å²) in [6, 6.07) is 5.18. The third kappa shape index (κ3) is 5.49. The standard InChI is InChI=1S/C20H23BO7S3/c1-5-7-14-9-16(11-18(13(14)3)29-28-22)30(23,24)17-10-15(8-6-2)20(21-4)19(12-17)31(25,26)27/h5-6,9-12,21-22H,1-2,7-8H2,3-4H3,(H,25,26,27). The minimum Gasteiger partial charge on any atom is -0.282 e. The first-order chi connectivity index (χ1) is 14.5. The van der Waals surface area contributed by atoms with E-state index in [1.807, 2.05) is 0 Å². The third-order valence-electron chi connectivity index (χ3n) is 4.82. The second-order valence-corrected chi connectivity index (χ2v) is 10.8. The van der Waals surface area contributed by atoms with Crippen molar-refractivity contribution in [3.05, 3.63) is 66.3 Å². The lowest BCUT2D eigenvalue weighted by atomic mass is 9.70. The Morgan fingerprint density at radius 3 is 2.10 bits per heavy atom. The maximum Gasteiger partial charge on any atom is 0.294 e. The summed E-state index contributed by atoms with van der Waals surface area (Å²) in [6.45, 7) is 10.8. The van der Waals surface area contributed by atoms with Crippen molar-refractivity contribution < 1.29 is 31.0 Å². The van der Waals surface area contributed by atoms with E-state index < -0.39 is 24.9 Å². The minimum absolute atomic E-state index is 0.107. The topological polar surface area (TPSA) is 118 Å². The third-order valence-corrected chi connectivity index (χ3v) is 8.13. The van der Waals surface area contributed by atoms with Gasteiger partial charge in [-0.05, 0) is 60.7 Å². The van der Waals surface area contributed by atoms with E-state index in [-0.39, 0.29) is 23.5 Å². The molecule has 2 aromatic carbocycles. The van der Waals surface area contributed by atoms with Crippen molar-refractivity contribution in [1.82, 2.24) is 0 Å². The van der Waals surface area contributed by atoms with Gasteiger partial charge in [-0.1, -0.05) is 24.4 Å². The summed E-state index contributed by atoms with van der Waals surface area (Å²) < 4.78 is 64.7. The Bertz CT molecular complexity index is 1220. The van der Waals surface area contributed by atoms with Crippen LogP contribution < -0.4 is 5.46 Å². The van der Waals surface area contributed by atoms with Crippen LogP contribution in [-0.4, -0.2) is 33.9 Å². The molecule has 166 valence electrons. The van der Waals surface area contributed by atoms with Gasteiger partial charge in [0.25, 0.3) is 10.1 Å². The minimum atomic E-state index is -4.66. The molecule has 0 aliphatic rings. The van der Waals surface area contributed by atoms with Gasteiger partial charge in [0.1, 0.15) is 0 Å². The predicted molar refractivity (Wildman–Crippen MR) is 123 cm³/mol. The fourth-order valence-electron chi connectivity index (χ4n) is 3.30. The summed E-state index contributed by atoms with van der Waals surface area (Å²) in [5.41, 5.74) is 2.15. The van der Waals surface area contributed by atoms with Gasteiger partial charge in [-0.25, -0.2) is 13.7 Å². The summed E-state index contributed by atoms with van der Waals surface area (Å²) in [6.07, 6.45) is 3.74. The van der Waals surface area contributed by atoms with Crippen LogP contribution in [0.1, 0.15) is 16.7 Å².